The van der Waals surface area contributed by atoms with Gasteiger partial charge in [-0.15, -0.1) is 5.54 Å². The molecule has 0 aliphatic heterocycles. The van der Waals surface area contributed by atoms with Crippen molar-refractivity contribution in [1.29, 1.82) is 0 Å². The molecule has 0 amide bonds. The number of rotatable bonds is 1. The lowest BCUT2D eigenvalue weighted by molar-refractivity contribution is 0.929. The Kier molecular flexibility index (Phi) is 3.32. The number of hydrogen-bond donors (Lipinski definition) is 0. The Morgan fingerprint density at radius 2 is 1.95 bits per heavy atom. The zero-order chi connectivity index (χ0) is 14.9. The molecule has 0 atom stereocenters. The normalized spacial score (nSPS) is 11.2. The van der Waals surface area contributed by atoms with E-state index in [2.05, 4.69) is 46.2 Å². The van der Waals surface area contributed by atoms with E-state index in [1.165, 1.54) is 0 Å². The first-order valence-corrected chi connectivity index (χ1v) is 10.3. The first kappa shape index (κ1) is 13.5. The smallest absolute Gasteiger partial charge is 0.154 e. The van der Waals surface area contributed by atoms with Crippen LogP contribution in [0.15, 0.2) is 42.9 Å². The third kappa shape index (κ3) is 3.01. The lowest BCUT2D eigenvalue weighted by Crippen LogP contribution is -2.16. The number of imidazole rings is 1. The fraction of sp³-hybridized carbons (Fsp3) is 0.188. The second-order valence-corrected chi connectivity index (χ2v) is 10.6. The van der Waals surface area contributed by atoms with Crippen molar-refractivity contribution in [3.63, 3.8) is 0 Å². The minimum absolute atomic E-state index is 0.808. The van der Waals surface area contributed by atoms with Crippen LogP contribution in [-0.2, 0) is 0 Å². The van der Waals surface area contributed by atoms with Gasteiger partial charge in [-0.25, -0.2) is 9.50 Å². The van der Waals surface area contributed by atoms with Crippen LogP contribution in [0.4, 0.5) is 0 Å². The number of nitrogens with zero attached hydrogens (tertiary/aromatic N) is 4. The number of fused-ring (bicyclic) bond motifs is 1. The SMILES string of the molecule is C[Si](C)(C)C#Cc1cnc2ccc(-c3cccnc3)nn12. The van der Waals surface area contributed by atoms with Gasteiger partial charge in [0.25, 0.3) is 0 Å². The first-order chi connectivity index (χ1) is 10.0. The standard InChI is InChI=1S/C16H16N4Si/c1-21(2,3)10-8-14-12-18-16-7-6-15(19-20(14)16)13-5-4-9-17-11-13/h4-7,9,11-12H,1-3H3. The van der Waals surface area contributed by atoms with Crippen molar-refractivity contribution >= 4 is 13.7 Å². The van der Waals surface area contributed by atoms with Crippen molar-refractivity contribution in [3.8, 4) is 22.7 Å². The van der Waals surface area contributed by atoms with Crippen LogP contribution in [-0.4, -0.2) is 27.7 Å². The van der Waals surface area contributed by atoms with Gasteiger partial charge in [0.1, 0.15) is 13.8 Å². The molecule has 0 aliphatic rings. The highest BCUT2D eigenvalue weighted by atomic mass is 28.3. The molecular formula is C16H16N4Si. The molecule has 0 radical (unpaired) electrons. The summed E-state index contributed by atoms with van der Waals surface area (Å²) in [5, 5.41) is 4.63. The number of aromatic nitrogens is 4. The summed E-state index contributed by atoms with van der Waals surface area (Å²) in [7, 11) is -1.42. The first-order valence-electron chi connectivity index (χ1n) is 6.81. The molecule has 3 aromatic heterocycles. The predicted octanol–water partition coefficient (Wildman–Crippen LogP) is 3.02. The molecule has 0 saturated carbocycles. The zero-order valence-electron chi connectivity index (χ0n) is 12.3. The summed E-state index contributed by atoms with van der Waals surface area (Å²) in [6.45, 7) is 6.66. The quantitative estimate of drug-likeness (QED) is 0.511. The van der Waals surface area contributed by atoms with Gasteiger partial charge in [-0.2, -0.15) is 5.10 Å². The zero-order valence-corrected chi connectivity index (χ0v) is 13.3. The van der Waals surface area contributed by atoms with Crippen LogP contribution in [0.2, 0.25) is 19.6 Å². The van der Waals surface area contributed by atoms with Crippen molar-refractivity contribution in [2.24, 2.45) is 0 Å². The summed E-state index contributed by atoms with van der Waals surface area (Å²) < 4.78 is 1.80. The summed E-state index contributed by atoms with van der Waals surface area (Å²) in [6, 6.07) is 7.80. The van der Waals surface area contributed by atoms with Crippen LogP contribution in [0.1, 0.15) is 5.69 Å². The van der Waals surface area contributed by atoms with Gasteiger partial charge in [0.15, 0.2) is 5.65 Å². The topological polar surface area (TPSA) is 43.1 Å². The third-order valence-electron chi connectivity index (χ3n) is 2.89. The van der Waals surface area contributed by atoms with E-state index in [-0.39, 0.29) is 0 Å². The van der Waals surface area contributed by atoms with Gasteiger partial charge in [-0.3, -0.25) is 4.98 Å². The Labute approximate surface area is 124 Å². The van der Waals surface area contributed by atoms with Gasteiger partial charge in [0.05, 0.1) is 11.9 Å². The van der Waals surface area contributed by atoms with Gasteiger partial charge < -0.3 is 0 Å². The molecule has 3 heterocycles. The molecule has 3 rings (SSSR count). The number of hydrogen-bond acceptors (Lipinski definition) is 3. The fourth-order valence-corrected chi connectivity index (χ4v) is 2.38. The highest BCUT2D eigenvalue weighted by molar-refractivity contribution is 6.83. The summed E-state index contributed by atoms with van der Waals surface area (Å²) in [6.07, 6.45) is 5.34. The Morgan fingerprint density at radius 1 is 1.10 bits per heavy atom. The molecule has 0 bridgehead atoms. The Morgan fingerprint density at radius 3 is 2.67 bits per heavy atom. The van der Waals surface area contributed by atoms with E-state index in [1.54, 1.807) is 23.1 Å². The molecule has 5 heteroatoms. The molecular weight excluding hydrogens is 276 g/mol. The molecule has 0 unspecified atom stereocenters. The van der Waals surface area contributed by atoms with E-state index in [0.29, 0.717) is 0 Å². The maximum absolute atomic E-state index is 4.63. The van der Waals surface area contributed by atoms with E-state index in [1.807, 2.05) is 24.3 Å². The lowest BCUT2D eigenvalue weighted by Gasteiger charge is -2.04. The highest BCUT2D eigenvalue weighted by Crippen LogP contribution is 2.16. The van der Waals surface area contributed by atoms with Gasteiger partial charge in [-0.1, -0.05) is 25.6 Å². The minimum atomic E-state index is -1.42. The van der Waals surface area contributed by atoms with E-state index < -0.39 is 8.07 Å². The molecule has 0 aliphatic carbocycles. The molecule has 4 nitrogen and oxygen atoms in total. The van der Waals surface area contributed by atoms with Gasteiger partial charge in [0, 0.05) is 18.0 Å². The minimum Gasteiger partial charge on any atom is -0.264 e. The summed E-state index contributed by atoms with van der Waals surface area (Å²) in [4.78, 5) is 8.48. The van der Waals surface area contributed by atoms with E-state index >= 15 is 0 Å². The molecule has 21 heavy (non-hydrogen) atoms. The summed E-state index contributed by atoms with van der Waals surface area (Å²) >= 11 is 0. The molecule has 0 saturated heterocycles. The van der Waals surface area contributed by atoms with Crippen LogP contribution < -0.4 is 0 Å². The highest BCUT2D eigenvalue weighted by Gasteiger charge is 2.09. The van der Waals surface area contributed by atoms with Crippen molar-refractivity contribution < 1.29 is 0 Å². The molecule has 3 aromatic rings. The largest absolute Gasteiger partial charge is 0.264 e. The van der Waals surface area contributed by atoms with Crippen molar-refractivity contribution in [1.82, 2.24) is 19.6 Å². The second kappa shape index (κ2) is 5.15. The predicted molar refractivity (Wildman–Crippen MR) is 86.4 cm³/mol. The van der Waals surface area contributed by atoms with Crippen molar-refractivity contribution in [2.45, 2.75) is 19.6 Å². The third-order valence-corrected chi connectivity index (χ3v) is 3.76. The van der Waals surface area contributed by atoms with Crippen LogP contribution in [0.5, 0.6) is 0 Å². The van der Waals surface area contributed by atoms with E-state index in [0.717, 1.165) is 22.6 Å². The molecule has 0 spiro atoms. The summed E-state index contributed by atoms with van der Waals surface area (Å²) in [5.74, 6) is 3.22. The van der Waals surface area contributed by atoms with Gasteiger partial charge in [0.2, 0.25) is 0 Å². The Hall–Kier alpha value is -2.45. The van der Waals surface area contributed by atoms with Gasteiger partial charge in [-0.05, 0) is 24.3 Å². The average Bonchev–Trinajstić information content (AvgIpc) is 2.87. The summed E-state index contributed by atoms with van der Waals surface area (Å²) in [5.41, 5.74) is 6.84. The average molecular weight is 292 g/mol. The van der Waals surface area contributed by atoms with Crippen LogP contribution >= 0.6 is 0 Å². The molecule has 0 N–H and O–H groups in total. The molecule has 104 valence electrons. The second-order valence-electron chi connectivity index (χ2n) is 5.87. The van der Waals surface area contributed by atoms with Crippen LogP contribution in [0, 0.1) is 11.5 Å². The van der Waals surface area contributed by atoms with Gasteiger partial charge >= 0.3 is 0 Å². The number of pyridine rings is 1. The van der Waals surface area contributed by atoms with Crippen molar-refractivity contribution in [2.75, 3.05) is 0 Å². The van der Waals surface area contributed by atoms with E-state index in [9.17, 15) is 0 Å². The van der Waals surface area contributed by atoms with Crippen LogP contribution in [0.25, 0.3) is 16.9 Å². The van der Waals surface area contributed by atoms with E-state index in [4.69, 9.17) is 0 Å². The van der Waals surface area contributed by atoms with Crippen molar-refractivity contribution in [3.05, 3.63) is 48.5 Å². The monoisotopic (exact) mass is 292 g/mol. The maximum atomic E-state index is 4.63. The fourth-order valence-electron chi connectivity index (χ4n) is 1.88. The Bertz CT molecular complexity index is 835. The Balaban J connectivity index is 2.10. The molecule has 0 aromatic carbocycles. The maximum Gasteiger partial charge on any atom is 0.154 e. The lowest BCUT2D eigenvalue weighted by atomic mass is 10.2. The van der Waals surface area contributed by atoms with Crippen LogP contribution in [0.3, 0.4) is 0 Å². The molecule has 0 fully saturated rings.